The Balaban J connectivity index is 1.26. The van der Waals surface area contributed by atoms with Gasteiger partial charge in [-0.1, -0.05) is 12.1 Å². The van der Waals surface area contributed by atoms with Gasteiger partial charge in [-0.3, -0.25) is 18.7 Å². The minimum atomic E-state index is -0.207. The van der Waals surface area contributed by atoms with E-state index in [1.54, 1.807) is 47.2 Å². The van der Waals surface area contributed by atoms with Crippen LogP contribution in [0.1, 0.15) is 11.6 Å². The molecule has 0 fully saturated rings. The van der Waals surface area contributed by atoms with Crippen LogP contribution in [-0.2, 0) is 0 Å². The average molecular weight is 559 g/mol. The third-order valence-corrected chi connectivity index (χ3v) is 7.63. The number of aromatic nitrogens is 4. The summed E-state index contributed by atoms with van der Waals surface area (Å²) in [5.41, 5.74) is 3.58. The number of fused-ring (bicyclic) bond motifs is 4. The van der Waals surface area contributed by atoms with E-state index < -0.39 is 0 Å². The van der Waals surface area contributed by atoms with Gasteiger partial charge in [-0.05, 0) is 73.5 Å². The summed E-state index contributed by atoms with van der Waals surface area (Å²) in [5.74, 6) is 3.54. The standard InChI is InChI=1S/C32H22N4O6/c1-17-33-25-7-3-19(11-23(25)31(37)35(17)21-5-9-27-29(13-21)41-15-39-27)20-4-8-26-24(12-20)32(38)36(18(2)34-26)22-6-10-28-30(14-22)42-16-40-28/h3-14H,15-16H2,1-2H3. The third kappa shape index (κ3) is 3.65. The van der Waals surface area contributed by atoms with Gasteiger partial charge in [0.2, 0.25) is 13.6 Å². The molecule has 4 aromatic carbocycles. The average Bonchev–Trinajstić information content (AvgIpc) is 3.66. The highest BCUT2D eigenvalue weighted by Gasteiger charge is 2.19. The summed E-state index contributed by atoms with van der Waals surface area (Å²) in [7, 11) is 0. The highest BCUT2D eigenvalue weighted by Crippen LogP contribution is 2.35. The van der Waals surface area contributed by atoms with Crippen LogP contribution < -0.4 is 30.1 Å². The smallest absolute Gasteiger partial charge is 0.265 e. The minimum absolute atomic E-state index is 0.147. The molecule has 2 aliphatic heterocycles. The lowest BCUT2D eigenvalue weighted by molar-refractivity contribution is 0.173. The maximum Gasteiger partial charge on any atom is 0.265 e. The van der Waals surface area contributed by atoms with Gasteiger partial charge in [-0.25, -0.2) is 9.97 Å². The predicted molar refractivity (Wildman–Crippen MR) is 155 cm³/mol. The van der Waals surface area contributed by atoms with Crippen molar-refractivity contribution in [1.29, 1.82) is 0 Å². The van der Waals surface area contributed by atoms with Gasteiger partial charge in [-0.15, -0.1) is 0 Å². The first kappa shape index (κ1) is 24.2. The zero-order valence-electron chi connectivity index (χ0n) is 22.6. The van der Waals surface area contributed by atoms with Gasteiger partial charge in [0.15, 0.2) is 23.0 Å². The topological polar surface area (TPSA) is 107 Å². The Morgan fingerprint density at radius 1 is 0.548 bits per heavy atom. The maximum atomic E-state index is 13.8. The molecule has 6 aromatic rings. The fraction of sp³-hybridized carbons (Fsp3) is 0.125. The maximum absolute atomic E-state index is 13.8. The van der Waals surface area contributed by atoms with Gasteiger partial charge in [0.05, 0.1) is 33.2 Å². The third-order valence-electron chi connectivity index (χ3n) is 7.63. The molecule has 42 heavy (non-hydrogen) atoms. The highest BCUT2D eigenvalue weighted by atomic mass is 16.7. The summed E-state index contributed by atoms with van der Waals surface area (Å²) in [6, 6.07) is 21.8. The van der Waals surface area contributed by atoms with E-state index in [-0.39, 0.29) is 24.7 Å². The summed E-state index contributed by atoms with van der Waals surface area (Å²) in [4.78, 5) is 37.0. The molecule has 0 aliphatic carbocycles. The Kier molecular flexibility index (Phi) is 5.14. The summed E-state index contributed by atoms with van der Waals surface area (Å²) >= 11 is 0. The monoisotopic (exact) mass is 558 g/mol. The fourth-order valence-corrected chi connectivity index (χ4v) is 5.61. The van der Waals surface area contributed by atoms with Gasteiger partial charge < -0.3 is 18.9 Å². The molecular formula is C32H22N4O6. The molecule has 0 radical (unpaired) electrons. The number of hydrogen-bond acceptors (Lipinski definition) is 8. The largest absolute Gasteiger partial charge is 0.454 e. The molecule has 0 unspecified atom stereocenters. The van der Waals surface area contributed by atoms with Crippen LogP contribution in [0.4, 0.5) is 0 Å². The predicted octanol–water partition coefficient (Wildman–Crippen LogP) is 4.83. The number of ether oxygens (including phenoxy) is 4. The molecule has 0 saturated heterocycles. The van der Waals surface area contributed by atoms with Crippen LogP contribution in [0.3, 0.4) is 0 Å². The van der Waals surface area contributed by atoms with Crippen molar-refractivity contribution in [2.24, 2.45) is 0 Å². The summed E-state index contributed by atoms with van der Waals surface area (Å²) < 4.78 is 25.0. The molecule has 0 saturated carbocycles. The Labute approximate surface area is 237 Å². The van der Waals surface area contributed by atoms with Crippen molar-refractivity contribution in [3.8, 4) is 45.5 Å². The van der Waals surface area contributed by atoms with Crippen molar-refractivity contribution in [2.75, 3.05) is 13.6 Å². The molecule has 10 heteroatoms. The molecule has 0 atom stereocenters. The van der Waals surface area contributed by atoms with Crippen molar-refractivity contribution in [1.82, 2.24) is 19.1 Å². The first-order chi connectivity index (χ1) is 20.4. The molecule has 206 valence electrons. The van der Waals surface area contributed by atoms with E-state index in [2.05, 4.69) is 0 Å². The van der Waals surface area contributed by atoms with Crippen molar-refractivity contribution >= 4 is 21.8 Å². The van der Waals surface area contributed by atoms with E-state index in [1.807, 2.05) is 48.5 Å². The molecule has 0 N–H and O–H groups in total. The first-order valence-corrected chi connectivity index (χ1v) is 13.3. The van der Waals surface area contributed by atoms with E-state index >= 15 is 0 Å². The highest BCUT2D eigenvalue weighted by molar-refractivity contribution is 5.88. The lowest BCUT2D eigenvalue weighted by Crippen LogP contribution is -2.22. The second-order valence-electron chi connectivity index (χ2n) is 10.1. The fourth-order valence-electron chi connectivity index (χ4n) is 5.61. The second-order valence-corrected chi connectivity index (χ2v) is 10.1. The number of hydrogen-bond donors (Lipinski definition) is 0. The Morgan fingerprint density at radius 3 is 1.43 bits per heavy atom. The minimum Gasteiger partial charge on any atom is -0.454 e. The van der Waals surface area contributed by atoms with Gasteiger partial charge in [0.1, 0.15) is 11.6 Å². The lowest BCUT2D eigenvalue weighted by Gasteiger charge is -2.13. The van der Waals surface area contributed by atoms with Crippen molar-refractivity contribution < 1.29 is 18.9 Å². The molecule has 2 aromatic heterocycles. The van der Waals surface area contributed by atoms with Gasteiger partial charge >= 0.3 is 0 Å². The second kappa shape index (κ2) is 8.93. The van der Waals surface area contributed by atoms with Crippen LogP contribution in [0.2, 0.25) is 0 Å². The Bertz CT molecular complexity index is 2080. The Hall–Kier alpha value is -5.64. The number of aryl methyl sites for hydroxylation is 2. The summed E-state index contributed by atoms with van der Waals surface area (Å²) in [5, 5.41) is 0.909. The molecule has 2 aliphatic rings. The number of rotatable bonds is 3. The number of benzene rings is 4. The Morgan fingerprint density at radius 2 is 0.976 bits per heavy atom. The molecule has 4 heterocycles. The van der Waals surface area contributed by atoms with E-state index in [0.29, 0.717) is 67.8 Å². The lowest BCUT2D eigenvalue weighted by atomic mass is 10.0. The van der Waals surface area contributed by atoms with Crippen LogP contribution in [0, 0.1) is 13.8 Å². The first-order valence-electron chi connectivity index (χ1n) is 13.3. The molecule has 0 spiro atoms. The molecule has 0 amide bonds. The van der Waals surface area contributed by atoms with Gasteiger partial charge in [0.25, 0.3) is 11.1 Å². The SMILES string of the molecule is Cc1nc2ccc(-c3ccc4nc(C)n(-c5ccc6c(c5)OCO6)c(=O)c4c3)cc2c(=O)n1-c1ccc2c(c1)OCO2. The van der Waals surface area contributed by atoms with E-state index in [9.17, 15) is 9.59 Å². The van der Waals surface area contributed by atoms with E-state index in [1.165, 1.54) is 0 Å². The zero-order chi connectivity index (χ0) is 28.5. The number of nitrogens with zero attached hydrogens (tertiary/aromatic N) is 4. The quantitative estimate of drug-likeness (QED) is 0.304. The molecular weight excluding hydrogens is 536 g/mol. The summed E-state index contributed by atoms with van der Waals surface area (Å²) in [6.07, 6.45) is 0. The van der Waals surface area contributed by atoms with Crippen LogP contribution >= 0.6 is 0 Å². The van der Waals surface area contributed by atoms with E-state index in [4.69, 9.17) is 28.9 Å². The van der Waals surface area contributed by atoms with Gasteiger partial charge in [0, 0.05) is 12.1 Å². The van der Waals surface area contributed by atoms with Crippen molar-refractivity contribution in [3.63, 3.8) is 0 Å². The van der Waals surface area contributed by atoms with Crippen molar-refractivity contribution in [3.05, 3.63) is 105 Å². The van der Waals surface area contributed by atoms with E-state index in [0.717, 1.165) is 11.1 Å². The van der Waals surface area contributed by atoms with Crippen molar-refractivity contribution in [2.45, 2.75) is 13.8 Å². The molecule has 0 bridgehead atoms. The molecule has 8 rings (SSSR count). The molecule has 10 nitrogen and oxygen atoms in total. The van der Waals surface area contributed by atoms with Crippen LogP contribution in [0.15, 0.2) is 82.4 Å². The van der Waals surface area contributed by atoms with Gasteiger partial charge in [-0.2, -0.15) is 0 Å². The summed E-state index contributed by atoms with van der Waals surface area (Å²) in [6.45, 7) is 3.88. The van der Waals surface area contributed by atoms with Crippen LogP contribution in [-0.4, -0.2) is 32.7 Å². The normalized spacial score (nSPS) is 13.3. The zero-order valence-corrected chi connectivity index (χ0v) is 22.6. The van der Waals surface area contributed by atoms with Crippen LogP contribution in [0.25, 0.3) is 44.3 Å². The van der Waals surface area contributed by atoms with Crippen LogP contribution in [0.5, 0.6) is 23.0 Å².